The number of aliphatic carboxylic acids is 1. The first kappa shape index (κ1) is 16.9. The molecular formula is C13H16N2O5S. The van der Waals surface area contributed by atoms with Crippen molar-refractivity contribution in [1.29, 1.82) is 5.26 Å². The second kappa shape index (κ2) is 8.24. The number of nitriles is 1. The van der Waals surface area contributed by atoms with Crippen LogP contribution in [-0.4, -0.2) is 32.6 Å². The Kier molecular flexibility index (Phi) is 6.65. The zero-order chi connectivity index (χ0) is 15.7. The van der Waals surface area contributed by atoms with Gasteiger partial charge in [0.15, 0.2) is 0 Å². The van der Waals surface area contributed by atoms with Crippen molar-refractivity contribution in [2.24, 2.45) is 0 Å². The fraction of sp³-hybridized carbons (Fsp3) is 0.385. The molecule has 1 aromatic carbocycles. The highest BCUT2D eigenvalue weighted by Gasteiger charge is 2.13. The summed E-state index contributed by atoms with van der Waals surface area (Å²) in [6.45, 7) is 0.223. The lowest BCUT2D eigenvalue weighted by Gasteiger charge is -2.08. The van der Waals surface area contributed by atoms with Gasteiger partial charge in [0.2, 0.25) is 10.0 Å². The molecule has 0 bridgehead atoms. The standard InChI is InChI=1S/C13H16N2O5S/c14-8-1-2-9-15-21(18,19)12-5-3-11(4-6-12)20-10-7-13(16)17/h3-6,15H,1-2,7,9-10H2,(H,16,17). The summed E-state index contributed by atoms with van der Waals surface area (Å²) in [4.78, 5) is 10.4. The highest BCUT2D eigenvalue weighted by Crippen LogP contribution is 2.16. The summed E-state index contributed by atoms with van der Waals surface area (Å²) >= 11 is 0. The molecule has 2 N–H and O–H groups in total. The van der Waals surface area contributed by atoms with Crippen molar-refractivity contribution in [3.05, 3.63) is 24.3 Å². The number of ether oxygens (including phenoxy) is 1. The van der Waals surface area contributed by atoms with Gasteiger partial charge in [-0.1, -0.05) is 0 Å². The molecule has 21 heavy (non-hydrogen) atoms. The Morgan fingerprint density at radius 2 is 2.00 bits per heavy atom. The maximum Gasteiger partial charge on any atom is 0.306 e. The largest absolute Gasteiger partial charge is 0.493 e. The van der Waals surface area contributed by atoms with Crippen LogP contribution < -0.4 is 9.46 Å². The van der Waals surface area contributed by atoms with Gasteiger partial charge in [-0.3, -0.25) is 4.79 Å². The second-order valence-corrected chi connectivity index (χ2v) is 5.89. The van der Waals surface area contributed by atoms with E-state index in [0.29, 0.717) is 18.6 Å². The van der Waals surface area contributed by atoms with Gasteiger partial charge >= 0.3 is 5.97 Å². The molecule has 0 radical (unpaired) electrons. The Hall–Kier alpha value is -2.11. The number of hydrogen-bond acceptors (Lipinski definition) is 5. The van der Waals surface area contributed by atoms with E-state index in [9.17, 15) is 13.2 Å². The molecule has 0 aromatic heterocycles. The number of nitrogens with zero attached hydrogens (tertiary/aromatic N) is 1. The first-order chi connectivity index (χ1) is 9.95. The average molecular weight is 312 g/mol. The van der Waals surface area contributed by atoms with Crippen LogP contribution in [0.5, 0.6) is 5.75 Å². The van der Waals surface area contributed by atoms with Crippen molar-refractivity contribution in [1.82, 2.24) is 4.72 Å². The maximum atomic E-state index is 11.9. The van der Waals surface area contributed by atoms with Crippen LogP contribution in [0.2, 0.25) is 0 Å². The summed E-state index contributed by atoms with van der Waals surface area (Å²) in [5.74, 6) is -0.560. The van der Waals surface area contributed by atoms with Gasteiger partial charge in [0.05, 0.1) is 24.0 Å². The minimum Gasteiger partial charge on any atom is -0.493 e. The van der Waals surface area contributed by atoms with Gasteiger partial charge in [0, 0.05) is 13.0 Å². The van der Waals surface area contributed by atoms with Crippen molar-refractivity contribution in [2.45, 2.75) is 24.2 Å². The number of carboxylic acids is 1. The van der Waals surface area contributed by atoms with E-state index in [-0.39, 0.29) is 24.5 Å². The molecule has 0 aliphatic carbocycles. The molecule has 0 amide bonds. The van der Waals surface area contributed by atoms with E-state index in [1.54, 1.807) is 0 Å². The maximum absolute atomic E-state index is 11.9. The zero-order valence-electron chi connectivity index (χ0n) is 11.3. The van der Waals surface area contributed by atoms with Crippen molar-refractivity contribution >= 4 is 16.0 Å². The molecule has 0 saturated carbocycles. The second-order valence-electron chi connectivity index (χ2n) is 4.12. The van der Waals surface area contributed by atoms with Crippen molar-refractivity contribution in [3.63, 3.8) is 0 Å². The van der Waals surface area contributed by atoms with Gasteiger partial charge in [0.25, 0.3) is 0 Å². The normalized spacial score (nSPS) is 10.8. The van der Waals surface area contributed by atoms with E-state index < -0.39 is 16.0 Å². The van der Waals surface area contributed by atoms with E-state index >= 15 is 0 Å². The SMILES string of the molecule is N#CCCCNS(=O)(=O)c1ccc(OCCC(=O)O)cc1. The lowest BCUT2D eigenvalue weighted by Crippen LogP contribution is -2.24. The van der Waals surface area contributed by atoms with Gasteiger partial charge < -0.3 is 9.84 Å². The van der Waals surface area contributed by atoms with Crippen LogP contribution in [0.15, 0.2) is 29.2 Å². The fourth-order valence-corrected chi connectivity index (χ4v) is 2.50. The predicted octanol–water partition coefficient (Wildman–Crippen LogP) is 1.12. The van der Waals surface area contributed by atoms with Crippen molar-refractivity contribution in [3.8, 4) is 11.8 Å². The number of carboxylic acid groups (broad SMARTS) is 1. The first-order valence-electron chi connectivity index (χ1n) is 6.27. The summed E-state index contributed by atoms with van der Waals surface area (Å²) in [5.41, 5.74) is 0. The minimum absolute atomic E-state index is 0.0217. The Bertz CT molecular complexity index is 604. The summed E-state index contributed by atoms with van der Waals surface area (Å²) in [7, 11) is -3.60. The third-order valence-corrected chi connectivity index (χ3v) is 3.95. The molecule has 0 saturated heterocycles. The lowest BCUT2D eigenvalue weighted by atomic mass is 10.3. The number of carbonyl (C=O) groups is 1. The minimum atomic E-state index is -3.60. The molecule has 0 aliphatic rings. The highest BCUT2D eigenvalue weighted by atomic mass is 32.2. The predicted molar refractivity (Wildman–Crippen MR) is 74.2 cm³/mol. The fourth-order valence-electron chi connectivity index (χ4n) is 1.43. The third kappa shape index (κ3) is 6.25. The smallest absolute Gasteiger partial charge is 0.306 e. The van der Waals surface area contributed by atoms with E-state index in [0.717, 1.165) is 0 Å². The summed E-state index contributed by atoms with van der Waals surface area (Å²) in [6, 6.07) is 7.62. The van der Waals surface area contributed by atoms with Gasteiger partial charge in [-0.05, 0) is 30.7 Å². The number of rotatable bonds is 9. The average Bonchev–Trinajstić information content (AvgIpc) is 2.44. The van der Waals surface area contributed by atoms with Crippen LogP contribution in [0.3, 0.4) is 0 Å². The number of benzene rings is 1. The summed E-state index contributed by atoms with van der Waals surface area (Å²) < 4.78 is 31.4. The first-order valence-corrected chi connectivity index (χ1v) is 7.75. The van der Waals surface area contributed by atoms with Crippen LogP contribution in [0.1, 0.15) is 19.3 Å². The van der Waals surface area contributed by atoms with Crippen molar-refractivity contribution in [2.75, 3.05) is 13.2 Å². The molecule has 0 unspecified atom stereocenters. The topological polar surface area (TPSA) is 116 Å². The van der Waals surface area contributed by atoms with Gasteiger partial charge in [-0.2, -0.15) is 5.26 Å². The monoisotopic (exact) mass is 312 g/mol. The molecule has 8 heteroatoms. The van der Waals surface area contributed by atoms with Gasteiger partial charge in [-0.25, -0.2) is 13.1 Å². The van der Waals surface area contributed by atoms with Crippen LogP contribution >= 0.6 is 0 Å². The molecule has 0 fully saturated rings. The molecule has 0 heterocycles. The summed E-state index contributed by atoms with van der Waals surface area (Å²) in [6.07, 6.45) is 0.617. The number of nitrogens with one attached hydrogen (secondary N) is 1. The quantitative estimate of drug-likeness (QED) is 0.660. The Morgan fingerprint density at radius 1 is 1.33 bits per heavy atom. The molecule has 0 atom stereocenters. The third-order valence-electron chi connectivity index (χ3n) is 2.48. The van der Waals surface area contributed by atoms with Crippen LogP contribution in [-0.2, 0) is 14.8 Å². The molecule has 1 rings (SSSR count). The molecule has 7 nitrogen and oxygen atoms in total. The Morgan fingerprint density at radius 3 is 2.57 bits per heavy atom. The number of hydrogen-bond donors (Lipinski definition) is 2. The molecular weight excluding hydrogens is 296 g/mol. The van der Waals surface area contributed by atoms with Crippen LogP contribution in [0.25, 0.3) is 0 Å². The van der Waals surface area contributed by atoms with Gasteiger partial charge in [-0.15, -0.1) is 0 Å². The van der Waals surface area contributed by atoms with Crippen LogP contribution in [0.4, 0.5) is 0 Å². The van der Waals surface area contributed by atoms with Crippen molar-refractivity contribution < 1.29 is 23.1 Å². The van der Waals surface area contributed by atoms with E-state index in [2.05, 4.69) is 4.72 Å². The molecule has 114 valence electrons. The Balaban J connectivity index is 2.56. The van der Waals surface area contributed by atoms with Crippen LogP contribution in [0, 0.1) is 11.3 Å². The van der Waals surface area contributed by atoms with Gasteiger partial charge in [0.1, 0.15) is 5.75 Å². The van der Waals surface area contributed by atoms with E-state index in [1.165, 1.54) is 24.3 Å². The summed E-state index contributed by atoms with van der Waals surface area (Å²) in [5, 5.41) is 16.8. The van der Waals surface area contributed by atoms with E-state index in [4.69, 9.17) is 15.1 Å². The molecule has 1 aromatic rings. The number of sulfonamides is 1. The number of unbranched alkanes of at least 4 members (excludes halogenated alkanes) is 1. The zero-order valence-corrected chi connectivity index (χ0v) is 12.1. The highest BCUT2D eigenvalue weighted by molar-refractivity contribution is 7.89. The lowest BCUT2D eigenvalue weighted by molar-refractivity contribution is -0.137. The molecule has 0 aliphatic heterocycles. The molecule has 0 spiro atoms. The van der Waals surface area contributed by atoms with E-state index in [1.807, 2.05) is 6.07 Å². The Labute approximate surface area is 123 Å².